The van der Waals surface area contributed by atoms with Gasteiger partial charge >= 0.3 is 0 Å². The van der Waals surface area contributed by atoms with Crippen molar-refractivity contribution < 1.29 is 8.42 Å². The molecule has 0 aromatic carbocycles. The van der Waals surface area contributed by atoms with E-state index in [2.05, 4.69) is 0 Å². The molecule has 1 heterocycles. The minimum Gasteiger partial charge on any atom is -0.227 e. The Kier molecular flexibility index (Phi) is 2.79. The second-order valence-corrected chi connectivity index (χ2v) is 9.11. The first-order chi connectivity index (χ1) is 8.03. The quantitative estimate of drug-likeness (QED) is 0.635. The number of sulfone groups is 1. The summed E-state index contributed by atoms with van der Waals surface area (Å²) in [5.41, 5.74) is -0.0465. The van der Waals surface area contributed by atoms with E-state index in [1.165, 1.54) is 32.1 Å². The molecule has 2 aliphatic carbocycles. The van der Waals surface area contributed by atoms with Gasteiger partial charge in [0.25, 0.3) is 0 Å². The van der Waals surface area contributed by atoms with Crippen molar-refractivity contribution in [3.63, 3.8) is 0 Å². The van der Waals surface area contributed by atoms with Gasteiger partial charge < -0.3 is 0 Å². The zero-order chi connectivity index (χ0) is 12.1. The van der Waals surface area contributed by atoms with Crippen LogP contribution in [0, 0.1) is 10.8 Å². The third-order valence-electron chi connectivity index (χ3n) is 5.59. The third-order valence-corrected chi connectivity index (χ3v) is 8.86. The normalized spacial score (nSPS) is 49.1. The Balaban J connectivity index is 2.12. The van der Waals surface area contributed by atoms with E-state index in [9.17, 15) is 8.42 Å². The summed E-state index contributed by atoms with van der Waals surface area (Å²) in [5.74, 6) is 0.369. The van der Waals surface area contributed by atoms with Crippen LogP contribution in [0.3, 0.4) is 0 Å². The van der Waals surface area contributed by atoms with Gasteiger partial charge in [-0.25, -0.2) is 8.42 Å². The SMILES string of the molecule is O=S1(=O)C[C@]23CCCCC[C@]2(CCCC3)[C@H]1Cl. The van der Waals surface area contributed by atoms with Gasteiger partial charge in [0.15, 0.2) is 9.84 Å². The zero-order valence-electron chi connectivity index (χ0n) is 10.3. The molecule has 0 unspecified atom stereocenters. The van der Waals surface area contributed by atoms with Crippen LogP contribution in [0.5, 0.6) is 0 Å². The fourth-order valence-electron chi connectivity index (χ4n) is 4.82. The van der Waals surface area contributed by atoms with Gasteiger partial charge in [-0.2, -0.15) is 0 Å². The highest BCUT2D eigenvalue weighted by Crippen LogP contribution is 2.66. The molecule has 3 rings (SSSR count). The van der Waals surface area contributed by atoms with Gasteiger partial charge in [0.05, 0.1) is 5.75 Å². The molecular weight excluding hydrogens is 256 g/mol. The lowest BCUT2D eigenvalue weighted by Crippen LogP contribution is -2.45. The molecule has 17 heavy (non-hydrogen) atoms. The van der Waals surface area contributed by atoms with E-state index in [1.807, 2.05) is 0 Å². The van der Waals surface area contributed by atoms with Crippen molar-refractivity contribution in [2.75, 3.05) is 5.75 Å². The minimum absolute atomic E-state index is 0.0347. The molecule has 4 heteroatoms. The highest BCUT2D eigenvalue weighted by molar-refractivity contribution is 7.93. The molecule has 0 N–H and O–H groups in total. The van der Waals surface area contributed by atoms with Gasteiger partial charge in [-0.05, 0) is 31.1 Å². The molecule has 3 aliphatic rings. The number of alkyl halides is 1. The molecule has 0 amide bonds. The highest BCUT2D eigenvalue weighted by atomic mass is 35.5. The largest absolute Gasteiger partial charge is 0.227 e. The van der Waals surface area contributed by atoms with Gasteiger partial charge in [0, 0.05) is 5.41 Å². The highest BCUT2D eigenvalue weighted by Gasteiger charge is 2.66. The zero-order valence-corrected chi connectivity index (χ0v) is 11.8. The van der Waals surface area contributed by atoms with Crippen LogP contribution in [0.4, 0.5) is 0 Å². The van der Waals surface area contributed by atoms with Gasteiger partial charge in [-0.15, -0.1) is 11.6 Å². The van der Waals surface area contributed by atoms with Crippen molar-refractivity contribution in [2.24, 2.45) is 10.8 Å². The summed E-state index contributed by atoms with van der Waals surface area (Å²) in [6.07, 6.45) is 10.3. The molecule has 0 radical (unpaired) electrons. The summed E-state index contributed by atoms with van der Waals surface area (Å²) in [5, 5.41) is 0. The van der Waals surface area contributed by atoms with Crippen LogP contribution in [0.1, 0.15) is 57.8 Å². The summed E-state index contributed by atoms with van der Waals surface area (Å²) < 4.78 is 23.9. The van der Waals surface area contributed by atoms with Crippen LogP contribution < -0.4 is 0 Å². The molecule has 0 bridgehead atoms. The predicted octanol–water partition coefficient (Wildman–Crippen LogP) is 3.49. The Hall–Kier alpha value is 0.240. The molecule has 1 aliphatic heterocycles. The van der Waals surface area contributed by atoms with Crippen molar-refractivity contribution in [3.8, 4) is 0 Å². The number of hydrogen-bond donors (Lipinski definition) is 0. The maximum atomic E-state index is 12.3. The van der Waals surface area contributed by atoms with Gasteiger partial charge in [0.1, 0.15) is 4.71 Å². The molecule has 0 spiro atoms. The molecule has 0 aromatic rings. The topological polar surface area (TPSA) is 34.1 Å². The Morgan fingerprint density at radius 2 is 1.41 bits per heavy atom. The van der Waals surface area contributed by atoms with E-state index in [0.29, 0.717) is 5.75 Å². The molecule has 3 fully saturated rings. The van der Waals surface area contributed by atoms with Crippen LogP contribution >= 0.6 is 11.6 Å². The second-order valence-electron chi connectivity index (χ2n) is 6.33. The molecule has 2 saturated carbocycles. The Labute approximate surface area is 109 Å². The number of halogens is 1. The lowest BCUT2D eigenvalue weighted by atomic mass is 9.55. The fraction of sp³-hybridized carbons (Fsp3) is 1.00. The average molecular weight is 277 g/mol. The summed E-state index contributed by atoms with van der Waals surface area (Å²) in [6.45, 7) is 0. The standard InChI is InChI=1S/C13H21ClO2S/c14-11-13-8-3-1-2-6-12(13,7-4-5-9-13)10-17(11,15)16/h11H,1-10H2/t11-,12+,13-/m0/s1. The van der Waals surface area contributed by atoms with Crippen molar-refractivity contribution in [3.05, 3.63) is 0 Å². The average Bonchev–Trinajstić information content (AvgIpc) is 2.43. The van der Waals surface area contributed by atoms with Crippen LogP contribution in [0.25, 0.3) is 0 Å². The summed E-state index contributed by atoms with van der Waals surface area (Å²) in [6, 6.07) is 0. The molecular formula is C13H21ClO2S. The molecule has 3 atom stereocenters. The van der Waals surface area contributed by atoms with E-state index in [4.69, 9.17) is 11.6 Å². The first-order valence-corrected chi connectivity index (χ1v) is 9.03. The number of hydrogen-bond acceptors (Lipinski definition) is 2. The third kappa shape index (κ3) is 1.54. The van der Waals surface area contributed by atoms with Gasteiger partial charge in [-0.1, -0.05) is 32.1 Å². The van der Waals surface area contributed by atoms with Gasteiger partial charge in [-0.3, -0.25) is 0 Å². The monoisotopic (exact) mass is 276 g/mol. The lowest BCUT2D eigenvalue weighted by Gasteiger charge is -2.49. The maximum Gasteiger partial charge on any atom is 0.168 e. The smallest absolute Gasteiger partial charge is 0.168 e. The van der Waals surface area contributed by atoms with Crippen molar-refractivity contribution in [1.82, 2.24) is 0 Å². The van der Waals surface area contributed by atoms with Crippen molar-refractivity contribution in [1.29, 1.82) is 0 Å². The van der Waals surface area contributed by atoms with E-state index in [0.717, 1.165) is 25.7 Å². The Morgan fingerprint density at radius 3 is 2.12 bits per heavy atom. The fourth-order valence-corrected chi connectivity index (χ4v) is 8.12. The summed E-state index contributed by atoms with van der Waals surface area (Å²) in [7, 11) is -3.06. The minimum atomic E-state index is -3.06. The Bertz CT molecular complexity index is 419. The molecule has 0 aromatic heterocycles. The van der Waals surface area contributed by atoms with Gasteiger partial charge in [0.2, 0.25) is 0 Å². The van der Waals surface area contributed by atoms with Crippen LogP contribution in [-0.2, 0) is 9.84 Å². The summed E-state index contributed by atoms with van der Waals surface area (Å²) >= 11 is 6.42. The first-order valence-electron chi connectivity index (χ1n) is 6.88. The lowest BCUT2D eigenvalue weighted by molar-refractivity contribution is 0.0211. The number of rotatable bonds is 0. The van der Waals surface area contributed by atoms with Crippen LogP contribution in [-0.4, -0.2) is 18.9 Å². The molecule has 2 nitrogen and oxygen atoms in total. The van der Waals surface area contributed by atoms with E-state index < -0.39 is 14.5 Å². The van der Waals surface area contributed by atoms with E-state index in [-0.39, 0.29) is 10.8 Å². The first kappa shape index (κ1) is 12.3. The van der Waals surface area contributed by atoms with Crippen LogP contribution in [0.2, 0.25) is 0 Å². The predicted molar refractivity (Wildman–Crippen MR) is 69.8 cm³/mol. The molecule has 98 valence electrons. The maximum absolute atomic E-state index is 12.3. The second kappa shape index (κ2) is 3.86. The summed E-state index contributed by atoms with van der Waals surface area (Å²) in [4.78, 5) is 0. The van der Waals surface area contributed by atoms with E-state index >= 15 is 0 Å². The van der Waals surface area contributed by atoms with Crippen LogP contribution in [0.15, 0.2) is 0 Å². The van der Waals surface area contributed by atoms with Crippen molar-refractivity contribution >= 4 is 21.4 Å². The van der Waals surface area contributed by atoms with Crippen molar-refractivity contribution in [2.45, 2.75) is 62.5 Å². The Morgan fingerprint density at radius 1 is 0.882 bits per heavy atom. The van der Waals surface area contributed by atoms with E-state index in [1.54, 1.807) is 0 Å². The molecule has 1 saturated heterocycles.